The van der Waals surface area contributed by atoms with E-state index < -0.39 is 0 Å². The monoisotopic (exact) mass is 368 g/mol. The number of fused-ring (bicyclic) bond motifs is 1. The van der Waals surface area contributed by atoms with Crippen LogP contribution in [0.3, 0.4) is 0 Å². The fourth-order valence-electron chi connectivity index (χ4n) is 2.80. The molecule has 3 rings (SSSR count). The Morgan fingerprint density at radius 2 is 2.04 bits per heavy atom. The van der Waals surface area contributed by atoms with Gasteiger partial charge in [-0.1, -0.05) is 23.2 Å². The molecular formula is C17H15Cl2FN2S. The molecule has 1 N–H and O–H groups in total. The fraction of sp³-hybridized carbons (Fsp3) is 0.235. The normalized spacial score (nSPS) is 16.9. The molecule has 1 atom stereocenters. The van der Waals surface area contributed by atoms with E-state index in [1.54, 1.807) is 30.3 Å². The Hall–Kier alpha value is -1.36. The first kappa shape index (κ1) is 16.5. The summed E-state index contributed by atoms with van der Waals surface area (Å²) in [5, 5.41) is 4.77. The minimum absolute atomic E-state index is 0.221. The molecule has 120 valence electrons. The summed E-state index contributed by atoms with van der Waals surface area (Å²) in [6.45, 7) is 2.10. The molecule has 0 saturated heterocycles. The van der Waals surface area contributed by atoms with Gasteiger partial charge in [0.05, 0.1) is 10.7 Å². The minimum atomic E-state index is -0.224. The Labute approximate surface area is 150 Å². The van der Waals surface area contributed by atoms with Crippen LogP contribution in [0.5, 0.6) is 0 Å². The largest absolute Gasteiger partial charge is 0.331 e. The van der Waals surface area contributed by atoms with Crippen molar-refractivity contribution in [2.75, 3.05) is 10.2 Å². The summed E-state index contributed by atoms with van der Waals surface area (Å²) in [4.78, 5) is 2.01. The van der Waals surface area contributed by atoms with Crippen LogP contribution in [0.4, 0.5) is 15.8 Å². The van der Waals surface area contributed by atoms with Gasteiger partial charge in [-0.25, -0.2) is 4.39 Å². The molecule has 2 aromatic carbocycles. The molecule has 0 spiro atoms. The first-order chi connectivity index (χ1) is 11.0. The van der Waals surface area contributed by atoms with E-state index >= 15 is 0 Å². The topological polar surface area (TPSA) is 15.3 Å². The van der Waals surface area contributed by atoms with Crippen LogP contribution in [0.1, 0.15) is 18.9 Å². The van der Waals surface area contributed by atoms with E-state index in [0.29, 0.717) is 20.8 Å². The number of benzene rings is 2. The van der Waals surface area contributed by atoms with Crippen LogP contribution in [0.2, 0.25) is 10.0 Å². The van der Waals surface area contributed by atoms with E-state index in [1.807, 2.05) is 4.90 Å². The van der Waals surface area contributed by atoms with Crippen molar-refractivity contribution in [1.82, 2.24) is 0 Å². The molecule has 0 fully saturated rings. The quantitative estimate of drug-likeness (QED) is 0.652. The molecule has 0 saturated carbocycles. The summed E-state index contributed by atoms with van der Waals surface area (Å²) in [5.41, 5.74) is 2.60. The molecule has 1 heterocycles. The number of aryl methyl sites for hydroxylation is 1. The third kappa shape index (κ3) is 3.44. The van der Waals surface area contributed by atoms with Crippen molar-refractivity contribution in [3.05, 3.63) is 57.8 Å². The second-order valence-corrected chi connectivity index (χ2v) is 6.82. The minimum Gasteiger partial charge on any atom is -0.331 e. The van der Waals surface area contributed by atoms with Crippen LogP contribution in [-0.4, -0.2) is 11.2 Å². The lowest BCUT2D eigenvalue weighted by atomic mass is 9.97. The summed E-state index contributed by atoms with van der Waals surface area (Å²) in [6, 6.07) is 10.2. The predicted molar refractivity (Wildman–Crippen MR) is 99.3 cm³/mol. The van der Waals surface area contributed by atoms with Crippen molar-refractivity contribution in [3.8, 4) is 0 Å². The van der Waals surface area contributed by atoms with Gasteiger partial charge in [0.25, 0.3) is 0 Å². The predicted octanol–water partition coefficient (Wildman–Crippen LogP) is 5.67. The molecule has 0 aromatic heterocycles. The lowest BCUT2D eigenvalue weighted by molar-refractivity contribution is 0.604. The van der Waals surface area contributed by atoms with Crippen molar-refractivity contribution in [3.63, 3.8) is 0 Å². The molecule has 2 aromatic rings. The maximum atomic E-state index is 13.5. The Morgan fingerprint density at radius 1 is 1.26 bits per heavy atom. The Morgan fingerprint density at radius 3 is 2.78 bits per heavy atom. The number of halogens is 3. The van der Waals surface area contributed by atoms with E-state index in [-0.39, 0.29) is 11.9 Å². The van der Waals surface area contributed by atoms with E-state index in [9.17, 15) is 4.39 Å². The average molecular weight is 369 g/mol. The second-order valence-electron chi connectivity index (χ2n) is 5.59. The molecular weight excluding hydrogens is 354 g/mol. The van der Waals surface area contributed by atoms with Gasteiger partial charge in [-0.05, 0) is 73.9 Å². The third-order valence-electron chi connectivity index (χ3n) is 3.96. The van der Waals surface area contributed by atoms with Gasteiger partial charge in [-0.3, -0.25) is 0 Å². The van der Waals surface area contributed by atoms with Crippen LogP contribution >= 0.6 is 35.4 Å². The molecule has 1 aliphatic heterocycles. The first-order valence-corrected chi connectivity index (χ1v) is 8.46. The van der Waals surface area contributed by atoms with Crippen molar-refractivity contribution in [2.45, 2.75) is 25.8 Å². The summed E-state index contributed by atoms with van der Waals surface area (Å²) in [6.07, 6.45) is 1.75. The molecule has 0 radical (unpaired) electrons. The lowest BCUT2D eigenvalue weighted by Gasteiger charge is -2.37. The highest BCUT2D eigenvalue weighted by molar-refractivity contribution is 7.80. The summed E-state index contributed by atoms with van der Waals surface area (Å²) in [5.74, 6) is -0.224. The standard InChI is InChI=1S/C17H15Cl2FN2S/c1-10-2-3-11-8-13(20)5-7-16(11)22(10)17(23)21-15-6-4-12(18)9-14(15)19/h4-10H,2-3H2,1H3,(H,21,23). The number of nitrogens with zero attached hydrogens (tertiary/aromatic N) is 1. The van der Waals surface area contributed by atoms with E-state index in [1.165, 1.54) is 6.07 Å². The maximum absolute atomic E-state index is 13.5. The highest BCUT2D eigenvalue weighted by Gasteiger charge is 2.26. The molecule has 0 aliphatic carbocycles. The molecule has 0 bridgehead atoms. The van der Waals surface area contributed by atoms with Crippen LogP contribution in [0.25, 0.3) is 0 Å². The molecule has 1 unspecified atom stereocenters. The van der Waals surface area contributed by atoms with Crippen LogP contribution in [0, 0.1) is 5.82 Å². The lowest BCUT2D eigenvalue weighted by Crippen LogP contribution is -2.44. The van der Waals surface area contributed by atoms with Crippen LogP contribution < -0.4 is 10.2 Å². The highest BCUT2D eigenvalue weighted by Crippen LogP contribution is 2.33. The number of anilines is 2. The van der Waals surface area contributed by atoms with Gasteiger partial charge >= 0.3 is 0 Å². The van der Waals surface area contributed by atoms with Gasteiger partial charge in [0, 0.05) is 16.8 Å². The van der Waals surface area contributed by atoms with Crippen LogP contribution in [0.15, 0.2) is 36.4 Å². The Bertz CT molecular complexity index is 766. The molecule has 1 aliphatic rings. The highest BCUT2D eigenvalue weighted by atomic mass is 35.5. The van der Waals surface area contributed by atoms with Gasteiger partial charge < -0.3 is 10.2 Å². The fourth-order valence-corrected chi connectivity index (χ4v) is 3.64. The van der Waals surface area contributed by atoms with E-state index in [0.717, 1.165) is 24.1 Å². The number of nitrogens with one attached hydrogen (secondary N) is 1. The van der Waals surface area contributed by atoms with Crippen LogP contribution in [-0.2, 0) is 6.42 Å². The molecule has 6 heteroatoms. The van der Waals surface area contributed by atoms with Gasteiger partial charge in [-0.2, -0.15) is 0 Å². The number of hydrogen-bond acceptors (Lipinski definition) is 1. The summed E-state index contributed by atoms with van der Waals surface area (Å²) >= 11 is 17.7. The van der Waals surface area contributed by atoms with E-state index in [2.05, 4.69) is 12.2 Å². The molecule has 23 heavy (non-hydrogen) atoms. The zero-order chi connectivity index (χ0) is 16.6. The van der Waals surface area contributed by atoms with Gasteiger partial charge in [0.15, 0.2) is 5.11 Å². The van der Waals surface area contributed by atoms with E-state index in [4.69, 9.17) is 35.4 Å². The van der Waals surface area contributed by atoms with Crippen molar-refractivity contribution >= 4 is 51.9 Å². The molecule has 2 nitrogen and oxygen atoms in total. The third-order valence-corrected chi connectivity index (χ3v) is 4.81. The second kappa shape index (κ2) is 6.63. The smallest absolute Gasteiger partial charge is 0.178 e. The average Bonchev–Trinajstić information content (AvgIpc) is 2.50. The number of rotatable bonds is 1. The van der Waals surface area contributed by atoms with Crippen molar-refractivity contribution < 1.29 is 4.39 Å². The summed E-state index contributed by atoms with van der Waals surface area (Å²) < 4.78 is 13.5. The first-order valence-electron chi connectivity index (χ1n) is 7.29. The maximum Gasteiger partial charge on any atom is 0.178 e. The summed E-state index contributed by atoms with van der Waals surface area (Å²) in [7, 11) is 0. The molecule has 0 amide bonds. The van der Waals surface area contributed by atoms with Gasteiger partial charge in [-0.15, -0.1) is 0 Å². The number of hydrogen-bond donors (Lipinski definition) is 1. The van der Waals surface area contributed by atoms with Gasteiger partial charge in [0.2, 0.25) is 0 Å². The van der Waals surface area contributed by atoms with Gasteiger partial charge in [0.1, 0.15) is 5.82 Å². The Kier molecular flexibility index (Phi) is 4.76. The zero-order valence-corrected chi connectivity index (χ0v) is 14.8. The SMILES string of the molecule is CC1CCc2cc(F)ccc2N1C(=S)Nc1ccc(Cl)cc1Cl. The Balaban J connectivity index is 1.90. The number of thiocarbonyl (C=S) groups is 1. The zero-order valence-electron chi connectivity index (χ0n) is 12.4. The van der Waals surface area contributed by atoms with Crippen molar-refractivity contribution in [1.29, 1.82) is 0 Å². The van der Waals surface area contributed by atoms with Crippen molar-refractivity contribution in [2.24, 2.45) is 0 Å².